The van der Waals surface area contributed by atoms with Crippen LogP contribution in [0.3, 0.4) is 0 Å². The Labute approximate surface area is 113 Å². The molecule has 2 aromatic rings. The number of rotatable bonds is 2. The van der Waals surface area contributed by atoms with Crippen LogP contribution in [0.25, 0.3) is 0 Å². The van der Waals surface area contributed by atoms with E-state index in [1.165, 1.54) is 5.69 Å². The minimum atomic E-state index is -0.304. The van der Waals surface area contributed by atoms with Crippen molar-refractivity contribution in [2.24, 2.45) is 0 Å². The molecular formula is C15H20N2O2. The van der Waals surface area contributed by atoms with Gasteiger partial charge in [0, 0.05) is 23.0 Å². The van der Waals surface area contributed by atoms with Crippen LogP contribution in [-0.4, -0.2) is 14.8 Å². The Bertz CT molecular complexity index is 578. The molecule has 0 fully saturated rings. The number of aryl methyl sites for hydroxylation is 2. The van der Waals surface area contributed by atoms with Crippen LogP contribution in [0.1, 0.15) is 60.2 Å². The van der Waals surface area contributed by atoms with E-state index in [0.717, 1.165) is 41.8 Å². The fraction of sp³-hybridized carbons (Fsp3) is 0.533. The standard InChI is InChI=1S/C15H20N2O2/c1-9-15(11(3)19-16-9)10(2)17-8-7-12-13(17)5-4-6-14(12)18/h7-8,10,14,18H,4-6H2,1-3H3. The van der Waals surface area contributed by atoms with Gasteiger partial charge < -0.3 is 14.2 Å². The molecule has 2 aromatic heterocycles. The van der Waals surface area contributed by atoms with E-state index in [4.69, 9.17) is 4.52 Å². The number of hydrogen-bond donors (Lipinski definition) is 1. The minimum absolute atomic E-state index is 0.195. The molecule has 2 unspecified atom stereocenters. The van der Waals surface area contributed by atoms with Crippen LogP contribution >= 0.6 is 0 Å². The Balaban J connectivity index is 2.04. The Morgan fingerprint density at radius 2 is 2.26 bits per heavy atom. The van der Waals surface area contributed by atoms with Crippen molar-refractivity contribution in [1.82, 2.24) is 9.72 Å². The van der Waals surface area contributed by atoms with Crippen molar-refractivity contribution in [3.05, 3.63) is 40.5 Å². The van der Waals surface area contributed by atoms with Crippen LogP contribution in [0.5, 0.6) is 0 Å². The molecule has 1 N–H and O–H groups in total. The third-order valence-electron chi connectivity index (χ3n) is 4.23. The highest BCUT2D eigenvalue weighted by Crippen LogP contribution is 2.34. The maximum atomic E-state index is 10.1. The molecule has 2 atom stereocenters. The Morgan fingerprint density at radius 1 is 1.47 bits per heavy atom. The zero-order valence-electron chi connectivity index (χ0n) is 11.7. The van der Waals surface area contributed by atoms with E-state index in [1.807, 2.05) is 19.9 Å². The van der Waals surface area contributed by atoms with Crippen LogP contribution in [0.15, 0.2) is 16.8 Å². The third-order valence-corrected chi connectivity index (χ3v) is 4.23. The summed E-state index contributed by atoms with van der Waals surface area (Å²) in [6.45, 7) is 6.09. The number of fused-ring (bicyclic) bond motifs is 1. The number of aromatic nitrogens is 2. The topological polar surface area (TPSA) is 51.2 Å². The average Bonchev–Trinajstić information content (AvgIpc) is 2.94. The lowest BCUT2D eigenvalue weighted by atomic mass is 9.94. The summed E-state index contributed by atoms with van der Waals surface area (Å²) in [6.07, 6.45) is 4.73. The average molecular weight is 260 g/mol. The summed E-state index contributed by atoms with van der Waals surface area (Å²) in [5.74, 6) is 0.879. The molecule has 0 aliphatic heterocycles. The maximum absolute atomic E-state index is 10.1. The molecule has 2 heterocycles. The van der Waals surface area contributed by atoms with Crippen molar-refractivity contribution >= 4 is 0 Å². The van der Waals surface area contributed by atoms with E-state index in [0.29, 0.717) is 0 Å². The molecule has 0 bridgehead atoms. The zero-order valence-corrected chi connectivity index (χ0v) is 11.7. The SMILES string of the molecule is Cc1noc(C)c1C(C)n1ccc2c1CCCC2O. The molecule has 0 saturated heterocycles. The Morgan fingerprint density at radius 3 is 2.95 bits per heavy atom. The first-order chi connectivity index (χ1) is 9.09. The number of aliphatic hydroxyl groups is 1. The molecule has 102 valence electrons. The predicted octanol–water partition coefficient (Wildman–Crippen LogP) is 3.07. The van der Waals surface area contributed by atoms with Crippen molar-refractivity contribution in [2.45, 2.75) is 52.2 Å². The van der Waals surface area contributed by atoms with Crippen molar-refractivity contribution in [2.75, 3.05) is 0 Å². The first-order valence-electron chi connectivity index (χ1n) is 6.90. The molecule has 0 amide bonds. The highest BCUT2D eigenvalue weighted by Gasteiger charge is 2.25. The molecule has 0 spiro atoms. The molecule has 4 heteroatoms. The summed E-state index contributed by atoms with van der Waals surface area (Å²) in [6, 6.07) is 2.24. The molecule has 0 saturated carbocycles. The maximum Gasteiger partial charge on any atom is 0.139 e. The predicted molar refractivity (Wildman–Crippen MR) is 72.1 cm³/mol. The highest BCUT2D eigenvalue weighted by molar-refractivity contribution is 5.32. The monoisotopic (exact) mass is 260 g/mol. The molecule has 19 heavy (non-hydrogen) atoms. The molecule has 0 aromatic carbocycles. The first kappa shape index (κ1) is 12.5. The fourth-order valence-electron chi connectivity index (χ4n) is 3.28. The van der Waals surface area contributed by atoms with Crippen LogP contribution in [0.4, 0.5) is 0 Å². The van der Waals surface area contributed by atoms with Crippen LogP contribution < -0.4 is 0 Å². The van der Waals surface area contributed by atoms with Crippen LogP contribution in [0.2, 0.25) is 0 Å². The second-order valence-electron chi connectivity index (χ2n) is 5.45. The van der Waals surface area contributed by atoms with Gasteiger partial charge >= 0.3 is 0 Å². The van der Waals surface area contributed by atoms with Gasteiger partial charge in [0.2, 0.25) is 0 Å². The third kappa shape index (κ3) is 1.91. The summed E-state index contributed by atoms with van der Waals surface area (Å²) < 4.78 is 7.52. The molecule has 4 nitrogen and oxygen atoms in total. The smallest absolute Gasteiger partial charge is 0.139 e. The summed E-state index contributed by atoms with van der Waals surface area (Å²) in [7, 11) is 0. The first-order valence-corrected chi connectivity index (χ1v) is 6.90. The van der Waals surface area contributed by atoms with Gasteiger partial charge in [-0.2, -0.15) is 0 Å². The quantitative estimate of drug-likeness (QED) is 0.902. The second kappa shape index (κ2) is 4.53. The molecular weight excluding hydrogens is 240 g/mol. The van der Waals surface area contributed by atoms with E-state index < -0.39 is 0 Å². The lowest BCUT2D eigenvalue weighted by Crippen LogP contribution is -2.15. The van der Waals surface area contributed by atoms with Crippen LogP contribution in [0, 0.1) is 13.8 Å². The molecule has 1 aliphatic rings. The number of nitrogens with zero attached hydrogens (tertiary/aromatic N) is 2. The van der Waals surface area contributed by atoms with E-state index in [1.54, 1.807) is 0 Å². The summed E-state index contributed by atoms with van der Waals surface area (Å²) in [5.41, 5.74) is 4.44. The fourth-order valence-corrected chi connectivity index (χ4v) is 3.28. The Hall–Kier alpha value is -1.55. The van der Waals surface area contributed by atoms with Crippen molar-refractivity contribution in [3.8, 4) is 0 Å². The summed E-state index contributed by atoms with van der Waals surface area (Å²) in [5, 5.41) is 14.1. The number of hydrogen-bond acceptors (Lipinski definition) is 3. The van der Waals surface area contributed by atoms with Gasteiger partial charge in [0.15, 0.2) is 0 Å². The zero-order chi connectivity index (χ0) is 13.6. The van der Waals surface area contributed by atoms with E-state index >= 15 is 0 Å². The summed E-state index contributed by atoms with van der Waals surface area (Å²) >= 11 is 0. The lowest BCUT2D eigenvalue weighted by Gasteiger charge is -2.23. The Kier molecular flexibility index (Phi) is 2.97. The van der Waals surface area contributed by atoms with Gasteiger partial charge in [-0.25, -0.2) is 0 Å². The van der Waals surface area contributed by atoms with Gasteiger partial charge in [0.05, 0.1) is 17.8 Å². The van der Waals surface area contributed by atoms with E-state index in [-0.39, 0.29) is 12.1 Å². The van der Waals surface area contributed by atoms with E-state index in [9.17, 15) is 5.11 Å². The summed E-state index contributed by atoms with van der Waals surface area (Å²) in [4.78, 5) is 0. The van der Waals surface area contributed by atoms with Gasteiger partial charge in [0.1, 0.15) is 5.76 Å². The van der Waals surface area contributed by atoms with Gasteiger partial charge in [-0.3, -0.25) is 0 Å². The number of aliphatic hydroxyl groups excluding tert-OH is 1. The van der Waals surface area contributed by atoms with Gasteiger partial charge in [-0.1, -0.05) is 5.16 Å². The largest absolute Gasteiger partial charge is 0.388 e. The normalized spacial score (nSPS) is 20.3. The lowest BCUT2D eigenvalue weighted by molar-refractivity contribution is 0.155. The second-order valence-corrected chi connectivity index (χ2v) is 5.45. The van der Waals surface area contributed by atoms with Crippen molar-refractivity contribution in [3.63, 3.8) is 0 Å². The molecule has 0 radical (unpaired) electrons. The van der Waals surface area contributed by atoms with E-state index in [2.05, 4.69) is 22.8 Å². The highest BCUT2D eigenvalue weighted by atomic mass is 16.5. The van der Waals surface area contributed by atoms with Gasteiger partial charge in [-0.15, -0.1) is 0 Å². The minimum Gasteiger partial charge on any atom is -0.388 e. The van der Waals surface area contributed by atoms with Crippen molar-refractivity contribution < 1.29 is 9.63 Å². The van der Waals surface area contributed by atoms with Gasteiger partial charge in [-0.05, 0) is 46.1 Å². The van der Waals surface area contributed by atoms with Crippen molar-refractivity contribution in [1.29, 1.82) is 0 Å². The van der Waals surface area contributed by atoms with Gasteiger partial charge in [0.25, 0.3) is 0 Å². The van der Waals surface area contributed by atoms with Crippen LogP contribution in [-0.2, 0) is 6.42 Å². The molecule has 3 rings (SSSR count). The molecule has 1 aliphatic carbocycles.